The van der Waals surface area contributed by atoms with Crippen molar-refractivity contribution in [2.75, 3.05) is 13.6 Å². The first-order valence-corrected chi connectivity index (χ1v) is 6.37. The van der Waals surface area contributed by atoms with Gasteiger partial charge in [-0.25, -0.2) is 0 Å². The van der Waals surface area contributed by atoms with Crippen molar-refractivity contribution in [2.24, 2.45) is 5.92 Å². The second-order valence-corrected chi connectivity index (χ2v) is 5.03. The van der Waals surface area contributed by atoms with Crippen LogP contribution in [0.15, 0.2) is 0 Å². The number of nitrogens with zero attached hydrogens (tertiary/aromatic N) is 1. The summed E-state index contributed by atoms with van der Waals surface area (Å²) in [5, 5.41) is 0. The first-order valence-electron chi connectivity index (χ1n) is 6.37. The predicted molar refractivity (Wildman–Crippen MR) is 64.0 cm³/mol. The molecule has 1 aliphatic carbocycles. The number of ketones is 1. The second kappa shape index (κ2) is 6.26. The lowest BCUT2D eigenvalue weighted by Gasteiger charge is -2.35. The first-order chi connectivity index (χ1) is 7.15. The summed E-state index contributed by atoms with van der Waals surface area (Å²) in [5.74, 6) is 1.16. The van der Waals surface area contributed by atoms with Crippen LogP contribution in [0.3, 0.4) is 0 Å². The molecule has 0 amide bonds. The molecule has 1 saturated carbocycles. The summed E-state index contributed by atoms with van der Waals surface area (Å²) in [6.07, 6.45) is 7.03. The van der Waals surface area contributed by atoms with Crippen molar-refractivity contribution in [2.45, 2.75) is 58.4 Å². The smallest absolute Gasteiger partial charge is 0.146 e. The van der Waals surface area contributed by atoms with Crippen molar-refractivity contribution < 1.29 is 4.79 Å². The lowest BCUT2D eigenvalue weighted by Crippen LogP contribution is -2.41. The van der Waals surface area contributed by atoms with E-state index in [0.29, 0.717) is 18.4 Å². The molecule has 0 heterocycles. The van der Waals surface area contributed by atoms with Crippen LogP contribution in [0.5, 0.6) is 0 Å². The number of Topliss-reactive ketones (excluding diaryl/α,β-unsaturated/α-hetero) is 1. The van der Waals surface area contributed by atoms with Gasteiger partial charge < -0.3 is 0 Å². The molecule has 2 nitrogen and oxygen atoms in total. The van der Waals surface area contributed by atoms with Gasteiger partial charge in [-0.1, -0.05) is 26.7 Å². The molecule has 1 aliphatic rings. The highest BCUT2D eigenvalue weighted by molar-refractivity contribution is 5.80. The van der Waals surface area contributed by atoms with E-state index in [9.17, 15) is 4.79 Å². The van der Waals surface area contributed by atoms with E-state index in [1.54, 1.807) is 0 Å². The first kappa shape index (κ1) is 12.7. The Hall–Kier alpha value is -0.370. The van der Waals surface area contributed by atoms with Gasteiger partial charge in [0.15, 0.2) is 0 Å². The second-order valence-electron chi connectivity index (χ2n) is 5.03. The molecule has 0 saturated heterocycles. The van der Waals surface area contributed by atoms with Crippen molar-refractivity contribution >= 4 is 5.78 Å². The molecule has 0 aliphatic heterocycles. The predicted octanol–water partition coefficient (Wildman–Crippen LogP) is 2.87. The lowest BCUT2D eigenvalue weighted by molar-refractivity contribution is -0.120. The summed E-state index contributed by atoms with van der Waals surface area (Å²) in [4.78, 5) is 13.8. The fourth-order valence-corrected chi connectivity index (χ4v) is 2.70. The number of hydrogen-bond donors (Lipinski definition) is 0. The van der Waals surface area contributed by atoms with Gasteiger partial charge in [-0.05, 0) is 32.2 Å². The van der Waals surface area contributed by atoms with E-state index in [0.717, 1.165) is 18.8 Å². The fourth-order valence-electron chi connectivity index (χ4n) is 2.70. The Balaban J connectivity index is 2.37. The summed E-state index contributed by atoms with van der Waals surface area (Å²) in [6.45, 7) is 5.05. The van der Waals surface area contributed by atoms with E-state index in [4.69, 9.17) is 0 Å². The van der Waals surface area contributed by atoms with Gasteiger partial charge in [-0.3, -0.25) is 9.69 Å². The quantitative estimate of drug-likeness (QED) is 0.697. The third-order valence-electron chi connectivity index (χ3n) is 3.59. The Kier molecular flexibility index (Phi) is 5.30. The van der Waals surface area contributed by atoms with Gasteiger partial charge in [0, 0.05) is 12.5 Å². The zero-order valence-corrected chi connectivity index (χ0v) is 10.5. The van der Waals surface area contributed by atoms with Gasteiger partial charge in [0.2, 0.25) is 0 Å². The maximum absolute atomic E-state index is 11.6. The van der Waals surface area contributed by atoms with Crippen LogP contribution in [0, 0.1) is 5.92 Å². The van der Waals surface area contributed by atoms with E-state index < -0.39 is 0 Å². The lowest BCUT2D eigenvalue weighted by atomic mass is 9.85. The average Bonchev–Trinajstić information content (AvgIpc) is 2.18. The zero-order chi connectivity index (χ0) is 11.3. The minimum atomic E-state index is 0.401. The van der Waals surface area contributed by atoms with Gasteiger partial charge in [0.1, 0.15) is 5.78 Å². The number of likely N-dealkylation sites (N-methyl/N-ethyl adjacent to an activating group) is 1. The molecule has 2 atom stereocenters. The summed E-state index contributed by atoms with van der Waals surface area (Å²) in [6, 6.07) is 0.638. The molecule has 2 heteroatoms. The van der Waals surface area contributed by atoms with E-state index in [2.05, 4.69) is 25.8 Å². The monoisotopic (exact) mass is 211 g/mol. The van der Waals surface area contributed by atoms with Crippen molar-refractivity contribution in [1.29, 1.82) is 0 Å². The largest absolute Gasteiger partial charge is 0.298 e. The number of rotatable bonds is 5. The van der Waals surface area contributed by atoms with Crippen molar-refractivity contribution in [3.05, 3.63) is 0 Å². The topological polar surface area (TPSA) is 20.3 Å². The number of carbonyl (C=O) groups is 1. The molecular formula is C13H25NO. The highest BCUT2D eigenvalue weighted by atomic mass is 16.1. The van der Waals surface area contributed by atoms with Crippen LogP contribution in [0.4, 0.5) is 0 Å². The molecule has 1 fully saturated rings. The third-order valence-corrected chi connectivity index (χ3v) is 3.59. The normalized spacial score (nSPS) is 26.9. The van der Waals surface area contributed by atoms with Crippen LogP contribution >= 0.6 is 0 Å². The van der Waals surface area contributed by atoms with Crippen molar-refractivity contribution in [3.63, 3.8) is 0 Å². The molecule has 15 heavy (non-hydrogen) atoms. The summed E-state index contributed by atoms with van der Waals surface area (Å²) < 4.78 is 0. The van der Waals surface area contributed by atoms with E-state index in [-0.39, 0.29) is 0 Å². The highest BCUT2D eigenvalue weighted by Gasteiger charge is 2.25. The van der Waals surface area contributed by atoms with Crippen LogP contribution < -0.4 is 0 Å². The molecule has 0 spiro atoms. The molecule has 88 valence electrons. The number of carbonyl (C=O) groups excluding carboxylic acids is 1. The number of hydrogen-bond acceptors (Lipinski definition) is 2. The van der Waals surface area contributed by atoms with Gasteiger partial charge >= 0.3 is 0 Å². The van der Waals surface area contributed by atoms with Crippen LogP contribution in [0.25, 0.3) is 0 Å². The van der Waals surface area contributed by atoms with Gasteiger partial charge in [-0.2, -0.15) is 0 Å². The summed E-state index contributed by atoms with van der Waals surface area (Å²) in [7, 11) is 2.11. The van der Waals surface area contributed by atoms with Gasteiger partial charge in [-0.15, -0.1) is 0 Å². The fraction of sp³-hybridized carbons (Fsp3) is 0.923. The Bertz CT molecular complexity index is 203. The average molecular weight is 211 g/mol. The molecule has 0 aromatic heterocycles. The molecule has 0 radical (unpaired) electrons. The molecule has 1 rings (SSSR count). The molecule has 2 unspecified atom stereocenters. The van der Waals surface area contributed by atoms with Gasteiger partial charge in [0.25, 0.3) is 0 Å². The van der Waals surface area contributed by atoms with Crippen LogP contribution in [0.2, 0.25) is 0 Å². The van der Waals surface area contributed by atoms with E-state index in [1.807, 2.05) is 0 Å². The summed E-state index contributed by atoms with van der Waals surface area (Å²) >= 11 is 0. The Morgan fingerprint density at radius 1 is 1.33 bits per heavy atom. The Morgan fingerprint density at radius 3 is 2.60 bits per heavy atom. The summed E-state index contributed by atoms with van der Waals surface area (Å²) in [5.41, 5.74) is 0. The Labute approximate surface area is 94.0 Å². The van der Waals surface area contributed by atoms with Crippen molar-refractivity contribution in [3.8, 4) is 0 Å². The SMILES string of the molecule is CCCC(=O)CN(C)C1CCCCC1C. The van der Waals surface area contributed by atoms with Crippen LogP contribution in [-0.4, -0.2) is 30.3 Å². The zero-order valence-electron chi connectivity index (χ0n) is 10.5. The minimum Gasteiger partial charge on any atom is -0.298 e. The molecule has 0 N–H and O–H groups in total. The van der Waals surface area contributed by atoms with Crippen LogP contribution in [-0.2, 0) is 4.79 Å². The highest BCUT2D eigenvalue weighted by Crippen LogP contribution is 2.27. The molecule has 0 bridgehead atoms. The van der Waals surface area contributed by atoms with Gasteiger partial charge in [0.05, 0.1) is 6.54 Å². The minimum absolute atomic E-state index is 0.401. The molecule has 0 aromatic carbocycles. The van der Waals surface area contributed by atoms with E-state index in [1.165, 1.54) is 25.7 Å². The molecular weight excluding hydrogens is 186 g/mol. The van der Waals surface area contributed by atoms with Crippen molar-refractivity contribution in [1.82, 2.24) is 4.90 Å². The van der Waals surface area contributed by atoms with E-state index >= 15 is 0 Å². The molecule has 0 aromatic rings. The Morgan fingerprint density at radius 2 is 2.00 bits per heavy atom. The van der Waals surface area contributed by atoms with Crippen LogP contribution in [0.1, 0.15) is 52.4 Å². The third kappa shape index (κ3) is 3.94. The standard InChI is InChI=1S/C13H25NO/c1-4-7-12(15)10-14(3)13-9-6-5-8-11(13)2/h11,13H,4-10H2,1-3H3. The maximum Gasteiger partial charge on any atom is 0.146 e. The maximum atomic E-state index is 11.6.